The third kappa shape index (κ3) is 1.58. The second-order valence-corrected chi connectivity index (χ2v) is 4.06. The summed E-state index contributed by atoms with van der Waals surface area (Å²) in [7, 11) is 1.64. The van der Waals surface area contributed by atoms with E-state index in [0.717, 1.165) is 10.4 Å². The molecule has 0 aliphatic rings. The first kappa shape index (κ1) is 9.69. The van der Waals surface area contributed by atoms with Gasteiger partial charge < -0.3 is 4.57 Å². The Morgan fingerprint density at radius 1 is 1.47 bits per heavy atom. The van der Waals surface area contributed by atoms with Crippen LogP contribution in [0.15, 0.2) is 34.6 Å². The number of rotatable bonds is 1. The van der Waals surface area contributed by atoms with Crippen molar-refractivity contribution in [2.75, 3.05) is 0 Å². The van der Waals surface area contributed by atoms with Crippen molar-refractivity contribution in [2.24, 2.45) is 7.05 Å². The molecule has 0 radical (unpaired) electrons. The maximum atomic E-state index is 11.7. The predicted octanol–water partition coefficient (Wildman–Crippen LogP) is 1.99. The van der Waals surface area contributed by atoms with Gasteiger partial charge in [0.1, 0.15) is 11.6 Å². The molecule has 2 heterocycles. The van der Waals surface area contributed by atoms with Crippen molar-refractivity contribution in [1.82, 2.24) is 4.57 Å². The molecule has 74 valence electrons. The molecule has 0 unspecified atom stereocenters. The van der Waals surface area contributed by atoms with Crippen molar-refractivity contribution >= 4 is 11.3 Å². The minimum Gasteiger partial charge on any atom is -0.317 e. The first-order chi connectivity index (χ1) is 7.24. The van der Waals surface area contributed by atoms with Crippen LogP contribution in [0.4, 0.5) is 0 Å². The summed E-state index contributed by atoms with van der Waals surface area (Å²) >= 11 is 1.52. The Morgan fingerprint density at radius 3 is 2.87 bits per heavy atom. The van der Waals surface area contributed by atoms with Gasteiger partial charge in [-0.2, -0.15) is 5.26 Å². The van der Waals surface area contributed by atoms with Crippen LogP contribution in [-0.2, 0) is 7.05 Å². The van der Waals surface area contributed by atoms with E-state index in [1.165, 1.54) is 15.9 Å². The molecule has 0 amide bonds. The second kappa shape index (κ2) is 3.71. The van der Waals surface area contributed by atoms with E-state index in [9.17, 15) is 4.79 Å². The fourth-order valence-corrected chi connectivity index (χ4v) is 2.13. The van der Waals surface area contributed by atoms with Crippen LogP contribution < -0.4 is 5.56 Å². The van der Waals surface area contributed by atoms with Gasteiger partial charge >= 0.3 is 0 Å². The van der Waals surface area contributed by atoms with Crippen molar-refractivity contribution in [2.45, 2.75) is 0 Å². The maximum Gasteiger partial charge on any atom is 0.268 e. The zero-order valence-electron chi connectivity index (χ0n) is 8.10. The minimum absolute atomic E-state index is 0.211. The monoisotopic (exact) mass is 216 g/mol. The molecule has 15 heavy (non-hydrogen) atoms. The first-order valence-corrected chi connectivity index (χ1v) is 5.25. The Hall–Kier alpha value is -1.86. The van der Waals surface area contributed by atoms with Gasteiger partial charge in [-0.3, -0.25) is 4.79 Å². The van der Waals surface area contributed by atoms with Crippen molar-refractivity contribution in [3.8, 4) is 16.5 Å². The van der Waals surface area contributed by atoms with Gasteiger partial charge in [0.05, 0.1) is 0 Å². The first-order valence-electron chi connectivity index (χ1n) is 4.37. The fourth-order valence-electron chi connectivity index (χ4n) is 1.37. The molecule has 0 N–H and O–H groups in total. The van der Waals surface area contributed by atoms with Crippen molar-refractivity contribution in [3.63, 3.8) is 0 Å². The van der Waals surface area contributed by atoms with Gasteiger partial charge in [-0.1, -0.05) is 6.07 Å². The predicted molar refractivity (Wildman–Crippen MR) is 59.7 cm³/mol. The van der Waals surface area contributed by atoms with E-state index in [0.29, 0.717) is 0 Å². The molecule has 0 saturated carbocycles. The molecule has 0 spiro atoms. The summed E-state index contributed by atoms with van der Waals surface area (Å²) in [4.78, 5) is 12.6. The summed E-state index contributed by atoms with van der Waals surface area (Å²) in [6.07, 6.45) is 1.68. The third-order valence-corrected chi connectivity index (χ3v) is 3.07. The quantitative estimate of drug-likeness (QED) is 0.731. The topological polar surface area (TPSA) is 45.8 Å². The number of nitriles is 1. The van der Waals surface area contributed by atoms with E-state index in [-0.39, 0.29) is 11.1 Å². The molecule has 0 aliphatic heterocycles. The summed E-state index contributed by atoms with van der Waals surface area (Å²) in [5, 5.41) is 10.9. The van der Waals surface area contributed by atoms with Crippen LogP contribution in [0.25, 0.3) is 10.4 Å². The van der Waals surface area contributed by atoms with E-state index >= 15 is 0 Å². The lowest BCUT2D eigenvalue weighted by Gasteiger charge is -2.02. The Balaban J connectivity index is 2.75. The van der Waals surface area contributed by atoms with Crippen LogP contribution in [0.3, 0.4) is 0 Å². The molecule has 0 bridgehead atoms. The number of hydrogen-bond donors (Lipinski definition) is 0. The molecular weight excluding hydrogens is 208 g/mol. The highest BCUT2D eigenvalue weighted by molar-refractivity contribution is 7.13. The van der Waals surface area contributed by atoms with Gasteiger partial charge in [-0.05, 0) is 17.5 Å². The van der Waals surface area contributed by atoms with Crippen molar-refractivity contribution < 1.29 is 0 Å². The van der Waals surface area contributed by atoms with Gasteiger partial charge in [-0.25, -0.2) is 0 Å². The van der Waals surface area contributed by atoms with Crippen LogP contribution in [0.5, 0.6) is 0 Å². The summed E-state index contributed by atoms with van der Waals surface area (Å²) in [6.45, 7) is 0. The SMILES string of the molecule is Cn1ccc(-c2cccs2)c(C#N)c1=O. The van der Waals surface area contributed by atoms with Crippen molar-refractivity contribution in [3.05, 3.63) is 45.7 Å². The number of hydrogen-bond acceptors (Lipinski definition) is 3. The highest BCUT2D eigenvalue weighted by Crippen LogP contribution is 2.25. The Kier molecular flexibility index (Phi) is 2.40. The van der Waals surface area contributed by atoms with Gasteiger partial charge in [0, 0.05) is 23.7 Å². The van der Waals surface area contributed by atoms with Gasteiger partial charge in [0.15, 0.2) is 0 Å². The highest BCUT2D eigenvalue weighted by atomic mass is 32.1. The molecule has 2 aromatic rings. The second-order valence-electron chi connectivity index (χ2n) is 3.11. The van der Waals surface area contributed by atoms with E-state index in [4.69, 9.17) is 5.26 Å². The molecule has 4 heteroatoms. The molecular formula is C11H8N2OS. The molecule has 3 nitrogen and oxygen atoms in total. The smallest absolute Gasteiger partial charge is 0.268 e. The fraction of sp³-hybridized carbons (Fsp3) is 0.0909. The van der Waals surface area contributed by atoms with Gasteiger partial charge in [0.2, 0.25) is 0 Å². The number of aromatic nitrogens is 1. The van der Waals surface area contributed by atoms with Crippen LogP contribution in [0, 0.1) is 11.3 Å². The third-order valence-electron chi connectivity index (χ3n) is 2.17. The number of pyridine rings is 1. The summed E-state index contributed by atoms with van der Waals surface area (Å²) in [5.74, 6) is 0. The van der Waals surface area contributed by atoms with Crippen LogP contribution in [0.2, 0.25) is 0 Å². The normalized spacial score (nSPS) is 9.87. The Morgan fingerprint density at radius 2 is 2.27 bits per heavy atom. The Labute approximate surface area is 90.8 Å². The lowest BCUT2D eigenvalue weighted by molar-refractivity contribution is 0.857. The van der Waals surface area contributed by atoms with E-state index in [2.05, 4.69) is 0 Å². The molecule has 0 fully saturated rings. The van der Waals surface area contributed by atoms with Crippen LogP contribution in [-0.4, -0.2) is 4.57 Å². The highest BCUT2D eigenvalue weighted by Gasteiger charge is 2.10. The molecule has 0 atom stereocenters. The standard InChI is InChI=1S/C11H8N2OS/c1-13-5-4-8(9(7-12)11(13)14)10-3-2-6-15-10/h2-6H,1H3. The van der Waals surface area contributed by atoms with Gasteiger partial charge in [0.25, 0.3) is 5.56 Å². The lowest BCUT2D eigenvalue weighted by atomic mass is 10.1. The maximum absolute atomic E-state index is 11.7. The lowest BCUT2D eigenvalue weighted by Crippen LogP contribution is -2.19. The van der Waals surface area contributed by atoms with E-state index in [1.807, 2.05) is 23.6 Å². The van der Waals surface area contributed by atoms with Crippen molar-refractivity contribution in [1.29, 1.82) is 5.26 Å². The van der Waals surface area contributed by atoms with E-state index in [1.54, 1.807) is 19.3 Å². The summed E-state index contributed by atoms with van der Waals surface area (Å²) in [6, 6.07) is 7.57. The largest absolute Gasteiger partial charge is 0.317 e. The summed E-state index contributed by atoms with van der Waals surface area (Å²) in [5.41, 5.74) is 0.682. The van der Waals surface area contributed by atoms with Crippen LogP contribution in [0.1, 0.15) is 5.56 Å². The van der Waals surface area contributed by atoms with Crippen LogP contribution >= 0.6 is 11.3 Å². The average Bonchev–Trinajstić information content (AvgIpc) is 2.75. The minimum atomic E-state index is -0.247. The zero-order chi connectivity index (χ0) is 10.8. The van der Waals surface area contributed by atoms with Gasteiger partial charge in [-0.15, -0.1) is 11.3 Å². The average molecular weight is 216 g/mol. The Bertz CT molecular complexity index is 576. The number of nitrogens with zero attached hydrogens (tertiary/aromatic N) is 2. The molecule has 2 aromatic heterocycles. The van der Waals surface area contributed by atoms with E-state index < -0.39 is 0 Å². The molecule has 0 aromatic carbocycles. The summed E-state index contributed by atoms with van der Waals surface area (Å²) < 4.78 is 1.41. The molecule has 0 aliphatic carbocycles. The number of aryl methyl sites for hydroxylation is 1. The molecule has 2 rings (SSSR count). The zero-order valence-corrected chi connectivity index (χ0v) is 8.91. The number of thiophene rings is 1. The molecule has 0 saturated heterocycles.